The Morgan fingerprint density at radius 2 is 1.50 bits per heavy atom. The number of hydrogen-bond donors (Lipinski definition) is 2. The Hall–Kier alpha value is 1.85. The van der Waals surface area contributed by atoms with Crippen molar-refractivity contribution in [2.45, 2.75) is 0 Å². The van der Waals surface area contributed by atoms with Gasteiger partial charge in [-0.2, -0.15) is 0 Å². The zero-order valence-electron chi connectivity index (χ0n) is 4.18. The molecule has 0 saturated heterocycles. The molecule has 0 unspecified atom stereocenters. The maximum atomic E-state index is 8.56. The minimum Gasteiger partial charge on any atom is -1.00 e. The van der Waals surface area contributed by atoms with E-state index in [1.54, 1.807) is 0 Å². The third kappa shape index (κ3) is 40.1. The molecule has 5 heteroatoms. The van der Waals surface area contributed by atoms with E-state index in [4.69, 9.17) is 15.0 Å². The topological polar surface area (TPSA) is 57.5 Å². The molecule has 0 spiro atoms. The Bertz CT molecular complexity index is 37.9. The summed E-state index contributed by atoms with van der Waals surface area (Å²) in [7, 11) is 0. The Morgan fingerprint density at radius 3 is 1.50 bits per heavy atom. The Morgan fingerprint density at radius 1 is 1.50 bits per heavy atom. The van der Waals surface area contributed by atoms with Gasteiger partial charge in [0, 0.05) is 49.4 Å². The quantitative estimate of drug-likeness (QED) is 0.453. The van der Waals surface area contributed by atoms with E-state index in [0.717, 1.165) is 0 Å². The van der Waals surface area contributed by atoms with E-state index < -0.39 is 6.16 Å². The van der Waals surface area contributed by atoms with E-state index in [9.17, 15) is 0 Å². The van der Waals surface area contributed by atoms with Gasteiger partial charge >= 0.3 is 35.7 Å². The minimum atomic E-state index is -1.83. The second-order valence-corrected chi connectivity index (χ2v) is 0.283. The molecule has 0 bridgehead atoms. The van der Waals surface area contributed by atoms with Crippen molar-refractivity contribution in [2.75, 3.05) is 0 Å². The van der Waals surface area contributed by atoms with Crippen LogP contribution in [0, 0.1) is 49.4 Å². The molecule has 0 aromatic rings. The summed E-state index contributed by atoms with van der Waals surface area (Å²) in [5.74, 6) is 0. The predicted octanol–water partition coefficient (Wildman–Crippen LogP) is -2.66. The standard InChI is InChI=1S/CH2O3.Eu.Na.H/c2-1(3)4;;;/h(H2,2,3,4);;;/q;;+1;-1. The molecule has 0 aromatic heterocycles. The van der Waals surface area contributed by atoms with Crippen LogP contribution in [0.4, 0.5) is 4.79 Å². The first kappa shape index (κ1) is 15.7. The van der Waals surface area contributed by atoms with Gasteiger partial charge in [-0.15, -0.1) is 0 Å². The second kappa shape index (κ2) is 9.97. The van der Waals surface area contributed by atoms with Gasteiger partial charge in [-0.3, -0.25) is 0 Å². The molecule has 0 amide bonds. The van der Waals surface area contributed by atoms with E-state index >= 15 is 0 Å². The van der Waals surface area contributed by atoms with Crippen molar-refractivity contribution in [3.63, 3.8) is 0 Å². The van der Waals surface area contributed by atoms with Crippen LogP contribution in [0.3, 0.4) is 0 Å². The number of carboxylic acid groups (broad SMARTS) is 2. The zero-order valence-corrected chi connectivity index (χ0v) is 7.61. The molecule has 2 N–H and O–H groups in total. The van der Waals surface area contributed by atoms with Crippen LogP contribution < -0.4 is 29.6 Å². The van der Waals surface area contributed by atoms with Crippen LogP contribution in [-0.4, -0.2) is 16.4 Å². The van der Waals surface area contributed by atoms with Crippen molar-refractivity contribution in [1.82, 2.24) is 0 Å². The zero-order chi connectivity index (χ0) is 3.58. The molecule has 0 fully saturated rings. The van der Waals surface area contributed by atoms with Crippen LogP contribution in [0.1, 0.15) is 1.43 Å². The Labute approximate surface area is 99.4 Å². The molecule has 6 heavy (non-hydrogen) atoms. The molecule has 0 aliphatic rings. The van der Waals surface area contributed by atoms with Gasteiger partial charge in [0.25, 0.3) is 0 Å². The Kier molecular flexibility index (Phi) is 26.0. The molecule has 0 aromatic carbocycles. The largest absolute Gasteiger partial charge is 1.00 e. The van der Waals surface area contributed by atoms with Gasteiger partial charge in [0.1, 0.15) is 0 Å². The summed E-state index contributed by atoms with van der Waals surface area (Å²) in [4.78, 5) is 8.56. The molecule has 0 heterocycles. The van der Waals surface area contributed by atoms with Crippen molar-refractivity contribution in [2.24, 2.45) is 0 Å². The third-order valence-electron chi connectivity index (χ3n) is 0. The van der Waals surface area contributed by atoms with Crippen LogP contribution in [0.25, 0.3) is 0 Å². The van der Waals surface area contributed by atoms with Gasteiger partial charge < -0.3 is 11.6 Å². The molecule has 0 aliphatic heterocycles. The molecule has 0 rings (SSSR count). The second-order valence-electron chi connectivity index (χ2n) is 0.283. The fourth-order valence-corrected chi connectivity index (χ4v) is 0. The van der Waals surface area contributed by atoms with Gasteiger partial charge in [0.15, 0.2) is 0 Å². The average molecular weight is 238 g/mol. The number of rotatable bonds is 0. The molecule has 0 atom stereocenters. The van der Waals surface area contributed by atoms with Crippen molar-refractivity contribution >= 4 is 6.16 Å². The summed E-state index contributed by atoms with van der Waals surface area (Å²) in [6.07, 6.45) is -1.83. The van der Waals surface area contributed by atoms with Crippen LogP contribution in [0.5, 0.6) is 0 Å². The van der Waals surface area contributed by atoms with Crippen molar-refractivity contribution < 1.29 is 95.4 Å². The summed E-state index contributed by atoms with van der Waals surface area (Å²) < 4.78 is 0. The molecule has 0 saturated carbocycles. The first-order valence-electron chi connectivity index (χ1n) is 0.651. The molecule has 1 radical (unpaired) electrons. The van der Waals surface area contributed by atoms with E-state index in [-0.39, 0.29) is 80.4 Å². The van der Waals surface area contributed by atoms with Gasteiger partial charge in [-0.05, 0) is 0 Å². The van der Waals surface area contributed by atoms with Crippen molar-refractivity contribution in [3.8, 4) is 0 Å². The van der Waals surface area contributed by atoms with E-state index in [1.165, 1.54) is 0 Å². The third-order valence-corrected chi connectivity index (χ3v) is 0. The Balaban J connectivity index is -0.0000000150. The van der Waals surface area contributed by atoms with Crippen LogP contribution in [0.15, 0.2) is 0 Å². The summed E-state index contributed by atoms with van der Waals surface area (Å²) in [6.45, 7) is 0. The SMILES string of the molecule is O=C(O)O.[Eu].[H-].[Na+]. The van der Waals surface area contributed by atoms with Gasteiger partial charge in [0.05, 0.1) is 0 Å². The first-order valence-corrected chi connectivity index (χ1v) is 0.651. The molecule has 3 nitrogen and oxygen atoms in total. The number of carbonyl (C=O) groups is 1. The summed E-state index contributed by atoms with van der Waals surface area (Å²) in [5.41, 5.74) is 0. The average Bonchev–Trinajstić information content (AvgIpc) is 0.811. The monoisotopic (exact) mass is 239 g/mol. The fraction of sp³-hybridized carbons (Fsp3) is 0. The van der Waals surface area contributed by atoms with Crippen LogP contribution in [-0.2, 0) is 0 Å². The van der Waals surface area contributed by atoms with E-state index in [1.807, 2.05) is 0 Å². The molecular weight excluding hydrogens is 235 g/mol. The van der Waals surface area contributed by atoms with Gasteiger partial charge in [-0.25, -0.2) is 4.79 Å². The van der Waals surface area contributed by atoms with Gasteiger partial charge in [0.2, 0.25) is 0 Å². The molecule has 0 aliphatic carbocycles. The van der Waals surface area contributed by atoms with Crippen LogP contribution in [0.2, 0.25) is 0 Å². The fourth-order valence-electron chi connectivity index (χ4n) is 0. The maximum Gasteiger partial charge on any atom is 1.00 e. The molecular formula is CH3EuNaO3. The van der Waals surface area contributed by atoms with Gasteiger partial charge in [-0.1, -0.05) is 0 Å². The first-order chi connectivity index (χ1) is 1.73. The summed E-state index contributed by atoms with van der Waals surface area (Å²) >= 11 is 0. The maximum absolute atomic E-state index is 8.56. The van der Waals surface area contributed by atoms with Crippen molar-refractivity contribution in [3.05, 3.63) is 0 Å². The molecule has 33 valence electrons. The smallest absolute Gasteiger partial charge is 1.00 e. The normalized spacial score (nSPS) is 4.00. The number of hydrogen-bond acceptors (Lipinski definition) is 1. The summed E-state index contributed by atoms with van der Waals surface area (Å²) in [5, 5.41) is 13.9. The minimum absolute atomic E-state index is 0. The summed E-state index contributed by atoms with van der Waals surface area (Å²) in [6, 6.07) is 0. The van der Waals surface area contributed by atoms with E-state index in [2.05, 4.69) is 0 Å². The van der Waals surface area contributed by atoms with Crippen LogP contribution >= 0.6 is 0 Å². The predicted molar refractivity (Wildman–Crippen MR) is 11.8 cm³/mol. The van der Waals surface area contributed by atoms with Crippen molar-refractivity contribution in [1.29, 1.82) is 0 Å². The van der Waals surface area contributed by atoms with E-state index in [0.29, 0.717) is 0 Å².